The molecule has 98 valence electrons. The van der Waals surface area contributed by atoms with Gasteiger partial charge in [0, 0.05) is 26.1 Å². The number of rotatable bonds is 1. The number of hydrogen-bond acceptors (Lipinski definition) is 3. The molecule has 0 saturated carbocycles. The lowest BCUT2D eigenvalue weighted by molar-refractivity contribution is 0.175. The molecule has 4 heteroatoms. The van der Waals surface area contributed by atoms with Gasteiger partial charge in [-0.05, 0) is 53.8 Å². The zero-order valence-electron chi connectivity index (χ0n) is 10.4. The number of aliphatic hydroxyl groups excluding tert-OH is 1. The summed E-state index contributed by atoms with van der Waals surface area (Å²) in [7, 11) is 0. The van der Waals surface area contributed by atoms with E-state index in [1.807, 2.05) is 24.5 Å². The molecule has 1 heterocycles. The van der Waals surface area contributed by atoms with Gasteiger partial charge in [-0.1, -0.05) is 23.4 Å². The number of aliphatic hydroxyl groups is 1. The predicted molar refractivity (Wildman–Crippen MR) is 82.5 cm³/mol. The molecule has 0 radical (unpaired) electrons. The van der Waals surface area contributed by atoms with Crippen LogP contribution in [0.2, 0.25) is 5.02 Å². The smallest absolute Gasteiger partial charge is 0.0842 e. The van der Waals surface area contributed by atoms with Crippen molar-refractivity contribution in [2.24, 2.45) is 0 Å². The van der Waals surface area contributed by atoms with E-state index in [4.69, 9.17) is 11.6 Å². The third-order valence-corrected chi connectivity index (χ3v) is 5.40. The Morgan fingerprint density at radius 2 is 2.00 bits per heavy atom. The summed E-state index contributed by atoms with van der Waals surface area (Å²) in [5, 5.41) is 11.2. The van der Waals surface area contributed by atoms with E-state index in [2.05, 4.69) is 18.2 Å². The van der Waals surface area contributed by atoms with Gasteiger partial charge in [0.15, 0.2) is 0 Å². The van der Waals surface area contributed by atoms with Crippen molar-refractivity contribution in [3.05, 3.63) is 52.5 Å². The van der Waals surface area contributed by atoms with Crippen molar-refractivity contribution in [3.63, 3.8) is 0 Å². The first-order chi connectivity index (χ1) is 9.17. The Hall–Kier alpha value is -0.610. The van der Waals surface area contributed by atoms with E-state index in [0.29, 0.717) is 6.42 Å². The van der Waals surface area contributed by atoms with E-state index in [-0.39, 0.29) is 0 Å². The predicted octanol–water partition coefficient (Wildman–Crippen LogP) is 4.80. The van der Waals surface area contributed by atoms with Crippen LogP contribution in [-0.2, 0) is 6.42 Å². The summed E-state index contributed by atoms with van der Waals surface area (Å²) < 4.78 is 0. The number of hydrogen-bond donors (Lipinski definition) is 1. The molecule has 1 nitrogen and oxygen atoms in total. The maximum absolute atomic E-state index is 10.4. The Labute approximate surface area is 126 Å². The average molecular weight is 309 g/mol. The van der Waals surface area contributed by atoms with Gasteiger partial charge < -0.3 is 5.11 Å². The van der Waals surface area contributed by atoms with Crippen molar-refractivity contribution < 1.29 is 5.11 Å². The van der Waals surface area contributed by atoms with Crippen LogP contribution in [0.25, 0.3) is 0 Å². The minimum absolute atomic E-state index is 0.464. The van der Waals surface area contributed by atoms with Crippen molar-refractivity contribution >= 4 is 35.1 Å². The first kappa shape index (κ1) is 13.4. The quantitative estimate of drug-likeness (QED) is 0.764. The number of halogens is 1. The monoisotopic (exact) mass is 308 g/mol. The van der Waals surface area contributed by atoms with Crippen LogP contribution in [0, 0.1) is 0 Å². The second-order valence-electron chi connectivity index (χ2n) is 4.48. The number of fused-ring (bicyclic) bond motifs is 2. The molecule has 1 aliphatic heterocycles. The summed E-state index contributed by atoms with van der Waals surface area (Å²) in [6, 6.07) is 12.2. The van der Waals surface area contributed by atoms with Crippen LogP contribution in [0.15, 0.2) is 51.1 Å². The van der Waals surface area contributed by atoms with Crippen LogP contribution in [0.4, 0.5) is 0 Å². The molecule has 0 fully saturated rings. The average Bonchev–Trinajstić information content (AvgIpc) is 2.54. The summed E-state index contributed by atoms with van der Waals surface area (Å²) in [6.45, 7) is 0. The van der Waals surface area contributed by atoms with Crippen LogP contribution in [-0.4, -0.2) is 11.4 Å². The van der Waals surface area contributed by atoms with Crippen LogP contribution in [0.1, 0.15) is 17.2 Å². The fraction of sp³-hybridized carbons (Fsp3) is 0.200. The summed E-state index contributed by atoms with van der Waals surface area (Å²) in [6.07, 6.45) is 2.20. The highest BCUT2D eigenvalue weighted by Gasteiger charge is 2.21. The maximum Gasteiger partial charge on any atom is 0.0842 e. The van der Waals surface area contributed by atoms with E-state index in [1.165, 1.54) is 9.79 Å². The molecule has 0 bridgehead atoms. The summed E-state index contributed by atoms with van der Waals surface area (Å²) in [5.41, 5.74) is 2.14. The Morgan fingerprint density at radius 1 is 1.21 bits per heavy atom. The molecule has 3 rings (SSSR count). The number of benzene rings is 2. The molecule has 0 amide bonds. The van der Waals surface area contributed by atoms with Crippen molar-refractivity contribution in [2.45, 2.75) is 27.2 Å². The molecule has 0 aliphatic carbocycles. The molecule has 0 aromatic heterocycles. The molecular formula is C15H13ClOS2. The lowest BCUT2D eigenvalue weighted by Gasteiger charge is -2.12. The highest BCUT2D eigenvalue weighted by atomic mass is 35.5. The molecule has 1 unspecified atom stereocenters. The van der Waals surface area contributed by atoms with Gasteiger partial charge >= 0.3 is 0 Å². The van der Waals surface area contributed by atoms with Gasteiger partial charge in [0.1, 0.15) is 0 Å². The highest BCUT2D eigenvalue weighted by Crippen LogP contribution is 2.42. The van der Waals surface area contributed by atoms with Crippen LogP contribution in [0.5, 0.6) is 0 Å². The Morgan fingerprint density at radius 3 is 2.79 bits per heavy atom. The van der Waals surface area contributed by atoms with Gasteiger partial charge in [-0.25, -0.2) is 0 Å². The zero-order chi connectivity index (χ0) is 13.4. The van der Waals surface area contributed by atoms with E-state index in [9.17, 15) is 5.11 Å². The van der Waals surface area contributed by atoms with Crippen LogP contribution in [0.3, 0.4) is 0 Å². The maximum atomic E-state index is 10.4. The normalized spacial score (nSPS) is 17.5. The molecule has 1 atom stereocenters. The van der Waals surface area contributed by atoms with Crippen molar-refractivity contribution in [1.82, 2.24) is 0 Å². The van der Waals surface area contributed by atoms with E-state index in [0.717, 1.165) is 21.0 Å². The highest BCUT2D eigenvalue weighted by molar-refractivity contribution is 7.99. The summed E-state index contributed by atoms with van der Waals surface area (Å²) >= 11 is 9.44. The molecule has 2 aromatic carbocycles. The van der Waals surface area contributed by atoms with E-state index < -0.39 is 6.10 Å². The second-order valence-corrected chi connectivity index (χ2v) is 6.88. The van der Waals surface area contributed by atoms with Crippen LogP contribution < -0.4 is 0 Å². The van der Waals surface area contributed by atoms with Gasteiger partial charge in [0.05, 0.1) is 6.10 Å². The SMILES string of the molecule is CSc1ccc2c(c1)C(O)Cc1cc(Cl)ccc1S2. The zero-order valence-corrected chi connectivity index (χ0v) is 12.8. The van der Waals surface area contributed by atoms with Crippen molar-refractivity contribution in [1.29, 1.82) is 0 Å². The Bertz CT molecular complexity index is 628. The molecule has 1 aliphatic rings. The summed E-state index contributed by atoms with van der Waals surface area (Å²) in [4.78, 5) is 3.49. The molecule has 0 saturated heterocycles. The number of thioether (sulfide) groups is 1. The first-order valence-corrected chi connectivity index (χ1v) is 8.41. The third kappa shape index (κ3) is 2.65. The van der Waals surface area contributed by atoms with Crippen molar-refractivity contribution in [2.75, 3.05) is 6.26 Å². The fourth-order valence-corrected chi connectivity index (χ4v) is 3.99. The molecule has 2 aromatic rings. The first-order valence-electron chi connectivity index (χ1n) is 5.99. The fourth-order valence-electron chi connectivity index (χ4n) is 2.25. The van der Waals surface area contributed by atoms with Gasteiger partial charge in [-0.2, -0.15) is 0 Å². The summed E-state index contributed by atoms with van der Waals surface area (Å²) in [5.74, 6) is 0. The van der Waals surface area contributed by atoms with Gasteiger partial charge in [0.2, 0.25) is 0 Å². The third-order valence-electron chi connectivity index (χ3n) is 3.23. The van der Waals surface area contributed by atoms with Crippen LogP contribution >= 0.6 is 35.1 Å². The van der Waals surface area contributed by atoms with Gasteiger partial charge in [-0.15, -0.1) is 11.8 Å². The molecular weight excluding hydrogens is 296 g/mol. The Balaban J connectivity index is 2.09. The molecule has 0 spiro atoms. The van der Waals surface area contributed by atoms with Crippen molar-refractivity contribution in [3.8, 4) is 0 Å². The second kappa shape index (κ2) is 5.41. The van der Waals surface area contributed by atoms with E-state index >= 15 is 0 Å². The van der Waals surface area contributed by atoms with Gasteiger partial charge in [-0.3, -0.25) is 0 Å². The standard InChI is InChI=1S/C15H13ClOS2/c1-18-11-3-5-15-12(8-11)13(17)7-9-6-10(16)2-4-14(9)19-15/h2-6,8,13,17H,7H2,1H3. The van der Waals surface area contributed by atoms with E-state index in [1.54, 1.807) is 23.5 Å². The minimum atomic E-state index is -0.464. The molecule has 1 N–H and O–H groups in total. The topological polar surface area (TPSA) is 20.2 Å². The lowest BCUT2D eigenvalue weighted by Crippen LogP contribution is -2.01. The molecule has 19 heavy (non-hydrogen) atoms. The minimum Gasteiger partial charge on any atom is -0.388 e. The van der Waals surface area contributed by atoms with Gasteiger partial charge in [0.25, 0.3) is 0 Å². The lowest BCUT2D eigenvalue weighted by atomic mass is 10.0. The largest absolute Gasteiger partial charge is 0.388 e. The Kier molecular flexibility index (Phi) is 3.81.